The van der Waals surface area contributed by atoms with Gasteiger partial charge in [-0.05, 0) is 24.1 Å². The van der Waals surface area contributed by atoms with Crippen LogP contribution in [-0.4, -0.2) is 26.6 Å². The van der Waals surface area contributed by atoms with Crippen molar-refractivity contribution in [1.82, 2.24) is 5.32 Å². The van der Waals surface area contributed by atoms with Crippen LogP contribution >= 0.6 is 0 Å². The normalized spacial score (nSPS) is 11.5. The van der Waals surface area contributed by atoms with Gasteiger partial charge in [0.15, 0.2) is 5.96 Å². The highest BCUT2D eigenvalue weighted by atomic mass is 19.1. The van der Waals surface area contributed by atoms with Gasteiger partial charge < -0.3 is 16.0 Å². The minimum Gasteiger partial charge on any atom is -0.375 e. The van der Waals surface area contributed by atoms with Gasteiger partial charge >= 0.3 is 0 Å². The molecule has 0 saturated carbocycles. The van der Waals surface area contributed by atoms with Gasteiger partial charge in [0, 0.05) is 20.6 Å². The van der Waals surface area contributed by atoms with E-state index in [0.717, 1.165) is 24.9 Å². The number of aliphatic imine (C=N–C) groups is 1. The van der Waals surface area contributed by atoms with Crippen molar-refractivity contribution >= 4 is 11.6 Å². The van der Waals surface area contributed by atoms with E-state index in [2.05, 4.69) is 17.2 Å². The highest BCUT2D eigenvalue weighted by Gasteiger charge is 2.04. The molecular weight excluding hydrogens is 243 g/mol. The first kappa shape index (κ1) is 15.3. The van der Waals surface area contributed by atoms with E-state index in [9.17, 15) is 4.39 Å². The third kappa shape index (κ3) is 5.16. The van der Waals surface area contributed by atoms with Crippen molar-refractivity contribution in [1.29, 1.82) is 0 Å². The maximum Gasteiger partial charge on any atom is 0.188 e. The maximum absolute atomic E-state index is 13.7. The second-order valence-corrected chi connectivity index (χ2v) is 4.66. The Labute approximate surface area is 114 Å². The molecule has 0 aliphatic rings. The molecule has 0 fully saturated rings. The minimum atomic E-state index is -0.241. The van der Waals surface area contributed by atoms with Crippen molar-refractivity contribution < 1.29 is 4.39 Å². The first-order valence-corrected chi connectivity index (χ1v) is 6.54. The van der Waals surface area contributed by atoms with E-state index < -0.39 is 0 Å². The Balaban J connectivity index is 2.58. The number of rotatable bonds is 6. The van der Waals surface area contributed by atoms with Crippen molar-refractivity contribution in [2.75, 3.05) is 25.5 Å². The molecule has 1 rings (SSSR count). The van der Waals surface area contributed by atoms with Crippen LogP contribution < -0.4 is 16.0 Å². The predicted octanol–water partition coefficient (Wildman–Crippen LogP) is 2.10. The number of unbranched alkanes of at least 4 members (excludes halogenated alkanes) is 1. The van der Waals surface area contributed by atoms with Crippen molar-refractivity contribution in [2.24, 2.45) is 10.7 Å². The van der Waals surface area contributed by atoms with Gasteiger partial charge in [-0.1, -0.05) is 19.4 Å². The number of anilines is 1. The lowest BCUT2D eigenvalue weighted by molar-refractivity contribution is 0.624. The predicted molar refractivity (Wildman–Crippen MR) is 79.0 cm³/mol. The van der Waals surface area contributed by atoms with Gasteiger partial charge in [0.05, 0.1) is 12.2 Å². The zero-order valence-electron chi connectivity index (χ0n) is 11.9. The van der Waals surface area contributed by atoms with Gasteiger partial charge in [0.2, 0.25) is 0 Å². The monoisotopic (exact) mass is 266 g/mol. The molecule has 0 aliphatic carbocycles. The second kappa shape index (κ2) is 7.61. The van der Waals surface area contributed by atoms with Crippen LogP contribution in [0.3, 0.4) is 0 Å². The number of guanidine groups is 1. The molecule has 0 aliphatic heterocycles. The van der Waals surface area contributed by atoms with E-state index in [1.54, 1.807) is 11.0 Å². The number of halogens is 1. The van der Waals surface area contributed by atoms with Crippen LogP contribution in [0.25, 0.3) is 0 Å². The maximum atomic E-state index is 13.7. The van der Waals surface area contributed by atoms with E-state index in [-0.39, 0.29) is 5.82 Å². The molecule has 0 atom stereocenters. The molecule has 106 valence electrons. The molecule has 0 heterocycles. The zero-order valence-corrected chi connectivity index (χ0v) is 11.9. The van der Waals surface area contributed by atoms with Crippen LogP contribution in [-0.2, 0) is 6.54 Å². The summed E-state index contributed by atoms with van der Waals surface area (Å²) in [6.45, 7) is 3.32. The molecule has 4 nitrogen and oxygen atoms in total. The Morgan fingerprint density at radius 1 is 1.42 bits per heavy atom. The standard InChI is InChI=1S/C14H23FN4/c1-4-5-8-17-14(16)18-10-11-6-7-13(19(2)3)12(15)9-11/h6-7,9H,4-5,8,10H2,1-3H3,(H3,16,17,18). The van der Waals surface area contributed by atoms with Crippen molar-refractivity contribution in [3.63, 3.8) is 0 Å². The number of nitrogens with one attached hydrogen (secondary N) is 1. The van der Waals surface area contributed by atoms with Gasteiger partial charge in [-0.3, -0.25) is 0 Å². The quantitative estimate of drug-likeness (QED) is 0.471. The van der Waals surface area contributed by atoms with Gasteiger partial charge in [-0.2, -0.15) is 0 Å². The average molecular weight is 266 g/mol. The van der Waals surface area contributed by atoms with Crippen LogP contribution in [0.5, 0.6) is 0 Å². The minimum absolute atomic E-state index is 0.241. The highest BCUT2D eigenvalue weighted by molar-refractivity contribution is 5.77. The fourth-order valence-electron chi connectivity index (χ4n) is 1.64. The molecule has 1 aromatic rings. The summed E-state index contributed by atoms with van der Waals surface area (Å²) in [5.41, 5.74) is 7.10. The summed E-state index contributed by atoms with van der Waals surface area (Å²) in [7, 11) is 3.62. The molecule has 0 amide bonds. The first-order valence-electron chi connectivity index (χ1n) is 6.54. The largest absolute Gasteiger partial charge is 0.375 e. The molecule has 3 N–H and O–H groups in total. The molecule has 0 bridgehead atoms. The summed E-state index contributed by atoms with van der Waals surface area (Å²) in [5.74, 6) is 0.167. The fourth-order valence-corrected chi connectivity index (χ4v) is 1.64. The third-order valence-corrected chi connectivity index (χ3v) is 2.76. The molecular formula is C14H23FN4. The molecule has 5 heteroatoms. The van der Waals surface area contributed by atoms with Gasteiger partial charge in [-0.15, -0.1) is 0 Å². The number of benzene rings is 1. The molecule has 0 spiro atoms. The van der Waals surface area contributed by atoms with Crippen molar-refractivity contribution in [3.8, 4) is 0 Å². The number of hydrogen-bond acceptors (Lipinski definition) is 2. The van der Waals surface area contributed by atoms with Crippen LogP contribution in [0.1, 0.15) is 25.3 Å². The summed E-state index contributed by atoms with van der Waals surface area (Å²) in [6, 6.07) is 5.11. The van der Waals surface area contributed by atoms with E-state index >= 15 is 0 Å². The van der Waals surface area contributed by atoms with Gasteiger partial charge in [0.25, 0.3) is 0 Å². The molecule has 0 saturated heterocycles. The van der Waals surface area contributed by atoms with E-state index in [0.29, 0.717) is 18.2 Å². The van der Waals surface area contributed by atoms with Crippen LogP contribution in [0.2, 0.25) is 0 Å². The number of nitrogens with two attached hydrogens (primary N) is 1. The van der Waals surface area contributed by atoms with Crippen molar-refractivity contribution in [2.45, 2.75) is 26.3 Å². The fraction of sp³-hybridized carbons (Fsp3) is 0.500. The Hall–Kier alpha value is -1.78. The van der Waals surface area contributed by atoms with E-state index in [4.69, 9.17) is 5.73 Å². The van der Waals surface area contributed by atoms with E-state index in [1.165, 1.54) is 6.07 Å². The second-order valence-electron chi connectivity index (χ2n) is 4.66. The molecule has 19 heavy (non-hydrogen) atoms. The summed E-state index contributed by atoms with van der Waals surface area (Å²) >= 11 is 0. The highest BCUT2D eigenvalue weighted by Crippen LogP contribution is 2.18. The molecule has 0 aromatic heterocycles. The topological polar surface area (TPSA) is 53.6 Å². The van der Waals surface area contributed by atoms with Crippen molar-refractivity contribution in [3.05, 3.63) is 29.6 Å². The van der Waals surface area contributed by atoms with E-state index in [1.807, 2.05) is 20.2 Å². The Morgan fingerprint density at radius 2 is 2.16 bits per heavy atom. The zero-order chi connectivity index (χ0) is 14.3. The lowest BCUT2D eigenvalue weighted by Crippen LogP contribution is -2.32. The molecule has 1 aromatic carbocycles. The summed E-state index contributed by atoms with van der Waals surface area (Å²) in [4.78, 5) is 5.92. The average Bonchev–Trinajstić information content (AvgIpc) is 2.36. The Kier molecular flexibility index (Phi) is 6.12. The number of nitrogens with zero attached hydrogens (tertiary/aromatic N) is 2. The lowest BCUT2D eigenvalue weighted by Gasteiger charge is -2.13. The molecule has 0 radical (unpaired) electrons. The third-order valence-electron chi connectivity index (χ3n) is 2.76. The Morgan fingerprint density at radius 3 is 2.74 bits per heavy atom. The number of hydrogen-bond donors (Lipinski definition) is 2. The first-order chi connectivity index (χ1) is 9.04. The van der Waals surface area contributed by atoms with Gasteiger partial charge in [0.1, 0.15) is 5.82 Å². The Bertz CT molecular complexity index is 429. The lowest BCUT2D eigenvalue weighted by atomic mass is 10.2. The smallest absolute Gasteiger partial charge is 0.188 e. The summed E-state index contributed by atoms with van der Waals surface area (Å²) in [5, 5.41) is 3.02. The van der Waals surface area contributed by atoms with Crippen LogP contribution in [0.4, 0.5) is 10.1 Å². The summed E-state index contributed by atoms with van der Waals surface area (Å²) in [6.07, 6.45) is 2.17. The van der Waals surface area contributed by atoms with Gasteiger partial charge in [-0.25, -0.2) is 9.38 Å². The van der Waals surface area contributed by atoms with Crippen LogP contribution in [0, 0.1) is 5.82 Å². The van der Waals surface area contributed by atoms with Crippen LogP contribution in [0.15, 0.2) is 23.2 Å². The molecule has 0 unspecified atom stereocenters. The SMILES string of the molecule is CCCCNC(N)=NCc1ccc(N(C)C)c(F)c1. The summed E-state index contributed by atoms with van der Waals surface area (Å²) < 4.78 is 13.7.